The van der Waals surface area contributed by atoms with Gasteiger partial charge in [0.15, 0.2) is 11.5 Å². The zero-order chi connectivity index (χ0) is 24.7. The Kier molecular flexibility index (Phi) is 6.11. The highest BCUT2D eigenvalue weighted by atomic mass is 35.5. The number of hydrogen-bond donors (Lipinski definition) is 1. The van der Waals surface area contributed by atoms with Crippen LogP contribution in [0, 0.1) is 5.82 Å². The number of benzene rings is 3. The lowest BCUT2D eigenvalue weighted by Crippen LogP contribution is -2.50. The topological polar surface area (TPSA) is 67.9 Å². The quantitative estimate of drug-likeness (QED) is 0.560. The number of methoxy groups -OCH3 is 2. The lowest BCUT2D eigenvalue weighted by molar-refractivity contribution is -0.124. The Labute approximate surface area is 207 Å². The van der Waals surface area contributed by atoms with E-state index < -0.39 is 17.8 Å². The molecule has 0 spiro atoms. The fourth-order valence-corrected chi connectivity index (χ4v) is 5.33. The van der Waals surface area contributed by atoms with Crippen molar-refractivity contribution in [3.8, 4) is 11.5 Å². The van der Waals surface area contributed by atoms with Crippen molar-refractivity contribution in [3.63, 3.8) is 0 Å². The number of hydrogen-bond acceptors (Lipinski definition) is 4. The van der Waals surface area contributed by atoms with Gasteiger partial charge in [-0.05, 0) is 59.0 Å². The molecule has 0 bridgehead atoms. The summed E-state index contributed by atoms with van der Waals surface area (Å²) in [6.07, 6.45) is 0.639. The van der Waals surface area contributed by atoms with Crippen molar-refractivity contribution in [1.29, 1.82) is 0 Å². The number of nitrogens with zero attached hydrogens (tertiary/aromatic N) is 1. The van der Waals surface area contributed by atoms with Gasteiger partial charge in [0.05, 0.1) is 26.2 Å². The van der Waals surface area contributed by atoms with Gasteiger partial charge < -0.3 is 19.7 Å². The van der Waals surface area contributed by atoms with E-state index in [2.05, 4.69) is 5.32 Å². The molecule has 3 aromatic rings. The Morgan fingerprint density at radius 3 is 2.57 bits per heavy atom. The highest BCUT2D eigenvalue weighted by molar-refractivity contribution is 6.31. The number of rotatable bonds is 5. The molecule has 2 aliphatic rings. The molecule has 35 heavy (non-hydrogen) atoms. The van der Waals surface area contributed by atoms with Crippen LogP contribution in [0.4, 0.5) is 4.39 Å². The lowest BCUT2D eigenvalue weighted by atomic mass is 9.75. The molecular formula is C27H24ClFN2O4. The van der Waals surface area contributed by atoms with Crippen molar-refractivity contribution < 1.29 is 23.5 Å². The third-order valence-electron chi connectivity index (χ3n) is 6.78. The molecule has 0 radical (unpaired) electrons. The van der Waals surface area contributed by atoms with Crippen molar-refractivity contribution >= 4 is 23.4 Å². The van der Waals surface area contributed by atoms with Gasteiger partial charge in [-0.25, -0.2) is 4.39 Å². The van der Waals surface area contributed by atoms with E-state index in [4.69, 9.17) is 21.1 Å². The maximum Gasteiger partial charge on any atom is 0.254 e. The van der Waals surface area contributed by atoms with Gasteiger partial charge in [-0.2, -0.15) is 0 Å². The second-order valence-corrected chi connectivity index (χ2v) is 9.03. The molecule has 0 saturated carbocycles. The largest absolute Gasteiger partial charge is 0.493 e. The number of halogens is 2. The fraction of sp³-hybridized carbons (Fsp3) is 0.259. The summed E-state index contributed by atoms with van der Waals surface area (Å²) < 4.78 is 24.5. The van der Waals surface area contributed by atoms with Crippen LogP contribution in [0.15, 0.2) is 54.6 Å². The number of amides is 2. The molecular weight excluding hydrogens is 471 g/mol. The van der Waals surface area contributed by atoms with Gasteiger partial charge in [-0.1, -0.05) is 35.9 Å². The van der Waals surface area contributed by atoms with Crippen LogP contribution in [0.25, 0.3) is 0 Å². The molecule has 180 valence electrons. The summed E-state index contributed by atoms with van der Waals surface area (Å²) in [6.45, 7) is 0.615. The number of ether oxygens (including phenoxy) is 2. The minimum Gasteiger partial charge on any atom is -0.493 e. The molecule has 3 aromatic carbocycles. The van der Waals surface area contributed by atoms with Crippen LogP contribution >= 0.6 is 11.6 Å². The normalized spacial score (nSPS) is 18.3. The summed E-state index contributed by atoms with van der Waals surface area (Å²) >= 11 is 6.17. The average Bonchev–Trinajstić information content (AvgIpc) is 2.87. The van der Waals surface area contributed by atoms with E-state index >= 15 is 0 Å². The van der Waals surface area contributed by atoms with E-state index in [1.54, 1.807) is 37.3 Å². The van der Waals surface area contributed by atoms with Crippen molar-refractivity contribution in [1.82, 2.24) is 10.2 Å². The summed E-state index contributed by atoms with van der Waals surface area (Å²) in [4.78, 5) is 29.0. The monoisotopic (exact) mass is 494 g/mol. The van der Waals surface area contributed by atoms with Gasteiger partial charge in [0.2, 0.25) is 5.91 Å². The van der Waals surface area contributed by atoms with Crippen LogP contribution in [0.2, 0.25) is 5.02 Å². The van der Waals surface area contributed by atoms with Gasteiger partial charge in [0.25, 0.3) is 5.91 Å². The van der Waals surface area contributed by atoms with Gasteiger partial charge in [-0.3, -0.25) is 9.59 Å². The van der Waals surface area contributed by atoms with Gasteiger partial charge in [0, 0.05) is 23.7 Å². The molecule has 2 amide bonds. The van der Waals surface area contributed by atoms with Crippen LogP contribution in [0.5, 0.6) is 11.5 Å². The van der Waals surface area contributed by atoms with Gasteiger partial charge in [-0.15, -0.1) is 0 Å². The smallest absolute Gasteiger partial charge is 0.254 e. The summed E-state index contributed by atoms with van der Waals surface area (Å²) in [6, 6.07) is 14.6. The zero-order valence-corrected chi connectivity index (χ0v) is 20.1. The van der Waals surface area contributed by atoms with Crippen LogP contribution < -0.4 is 14.8 Å². The van der Waals surface area contributed by atoms with Crippen molar-refractivity contribution in [2.45, 2.75) is 24.9 Å². The summed E-state index contributed by atoms with van der Waals surface area (Å²) in [5.74, 6) is -0.297. The molecule has 0 aliphatic carbocycles. The molecule has 0 fully saturated rings. The second-order valence-electron chi connectivity index (χ2n) is 8.62. The molecule has 8 heteroatoms. The first-order valence-electron chi connectivity index (χ1n) is 11.3. The average molecular weight is 495 g/mol. The number of carbonyl (C=O) groups is 2. The lowest BCUT2D eigenvalue weighted by Gasteiger charge is -2.45. The summed E-state index contributed by atoms with van der Waals surface area (Å²) in [7, 11) is 3.14. The molecule has 6 nitrogen and oxygen atoms in total. The third-order valence-corrected chi connectivity index (χ3v) is 7.13. The van der Waals surface area contributed by atoms with E-state index in [0.29, 0.717) is 41.2 Å². The Hall–Kier alpha value is -3.58. The van der Waals surface area contributed by atoms with Crippen LogP contribution in [-0.4, -0.2) is 37.5 Å². The molecule has 2 aliphatic heterocycles. The molecule has 0 aromatic heterocycles. The Balaban J connectivity index is 1.57. The van der Waals surface area contributed by atoms with E-state index in [9.17, 15) is 14.0 Å². The van der Waals surface area contributed by atoms with E-state index in [-0.39, 0.29) is 23.4 Å². The zero-order valence-electron chi connectivity index (χ0n) is 19.3. The van der Waals surface area contributed by atoms with Gasteiger partial charge in [0.1, 0.15) is 5.82 Å². The predicted molar refractivity (Wildman–Crippen MR) is 129 cm³/mol. The third kappa shape index (κ3) is 4.00. The van der Waals surface area contributed by atoms with Crippen LogP contribution in [0.3, 0.4) is 0 Å². The summed E-state index contributed by atoms with van der Waals surface area (Å²) in [5, 5.41) is 3.20. The first-order chi connectivity index (χ1) is 16.9. The minimum absolute atomic E-state index is 0.100. The minimum atomic E-state index is -0.653. The molecule has 0 saturated heterocycles. The molecule has 5 rings (SSSR count). The van der Waals surface area contributed by atoms with Crippen LogP contribution in [-0.2, 0) is 17.8 Å². The number of fused-ring (bicyclic) bond motifs is 4. The summed E-state index contributed by atoms with van der Waals surface area (Å²) in [5.41, 5.74) is 3.66. The van der Waals surface area contributed by atoms with Crippen molar-refractivity contribution in [3.05, 3.63) is 93.3 Å². The highest BCUT2D eigenvalue weighted by Gasteiger charge is 2.46. The highest BCUT2D eigenvalue weighted by Crippen LogP contribution is 2.48. The van der Waals surface area contributed by atoms with E-state index in [0.717, 1.165) is 11.1 Å². The first-order valence-corrected chi connectivity index (χ1v) is 11.7. The number of carbonyl (C=O) groups excluding carboxylic acids is 2. The molecule has 2 heterocycles. The first kappa shape index (κ1) is 23.2. The SMILES string of the molecule is COc1cc2c(cc1OC)[C@@H]1[C@H](C(=O)NCc3ccc(F)cc3Cl)c3ccccc3C(=O)N1CC2. The van der Waals surface area contributed by atoms with E-state index in [1.165, 1.54) is 12.1 Å². The maximum absolute atomic E-state index is 13.7. The van der Waals surface area contributed by atoms with E-state index in [1.807, 2.05) is 24.3 Å². The predicted octanol–water partition coefficient (Wildman–Crippen LogP) is 4.65. The van der Waals surface area contributed by atoms with Crippen molar-refractivity contribution in [2.75, 3.05) is 20.8 Å². The second kappa shape index (κ2) is 9.23. The number of nitrogens with one attached hydrogen (secondary N) is 1. The Morgan fingerprint density at radius 2 is 1.83 bits per heavy atom. The maximum atomic E-state index is 13.7. The van der Waals surface area contributed by atoms with Crippen LogP contribution in [0.1, 0.15) is 44.6 Å². The van der Waals surface area contributed by atoms with Crippen molar-refractivity contribution in [2.24, 2.45) is 0 Å². The molecule has 2 atom stereocenters. The molecule has 1 N–H and O–H groups in total. The fourth-order valence-electron chi connectivity index (χ4n) is 5.09. The Morgan fingerprint density at radius 1 is 1.09 bits per heavy atom. The Bertz CT molecular complexity index is 1330. The van der Waals surface area contributed by atoms with Gasteiger partial charge >= 0.3 is 0 Å². The standard InChI is InChI=1S/C27H24ClFN2O4/c1-34-22-11-15-9-10-31-25(20(15)13-23(22)35-2)24(18-5-3-4-6-19(18)27(31)33)26(32)30-14-16-7-8-17(29)12-21(16)28/h3-8,11-13,24-25H,9-10,14H2,1-2H3,(H,30,32)/t24-,25-/m1/s1. The molecule has 0 unspecified atom stereocenters.